The number of carboxylic acid groups (broad SMARTS) is 1. The monoisotopic (exact) mass is 198 g/mol. The van der Waals surface area contributed by atoms with Crippen LogP contribution in [0.3, 0.4) is 0 Å². The molecular weight excluding hydrogens is 192 g/mol. The molecule has 0 atom stereocenters. The van der Waals surface area contributed by atoms with Gasteiger partial charge in [-0.3, -0.25) is 10.1 Å². The third-order valence-corrected chi connectivity index (χ3v) is 1.90. The summed E-state index contributed by atoms with van der Waals surface area (Å²) >= 11 is 1.05. The summed E-state index contributed by atoms with van der Waals surface area (Å²) in [4.78, 5) is 24.8. The summed E-state index contributed by atoms with van der Waals surface area (Å²) in [6.07, 6.45) is 1.09. The number of hydrogen-bond acceptors (Lipinski definition) is 4. The number of amides is 1. The van der Waals surface area contributed by atoms with Gasteiger partial charge in [-0.25, -0.2) is 9.78 Å². The van der Waals surface area contributed by atoms with E-state index in [1.807, 2.05) is 0 Å². The molecule has 0 aliphatic carbocycles. The topological polar surface area (TPSA) is 79.3 Å². The van der Waals surface area contributed by atoms with E-state index in [9.17, 15) is 9.59 Å². The van der Waals surface area contributed by atoms with Gasteiger partial charge in [0.05, 0.1) is 0 Å². The van der Waals surface area contributed by atoms with E-state index in [4.69, 9.17) is 5.11 Å². The van der Waals surface area contributed by atoms with Crippen LogP contribution in [-0.4, -0.2) is 22.0 Å². The molecule has 5 nitrogen and oxygen atoms in total. The molecule has 0 aromatic carbocycles. The van der Waals surface area contributed by atoms with Gasteiger partial charge in [0.2, 0.25) is 5.91 Å². The van der Waals surface area contributed by atoms with Crippen molar-refractivity contribution in [2.75, 3.05) is 5.32 Å². The molecule has 0 spiro atoms. The quantitative estimate of drug-likeness (QED) is 0.709. The Bertz CT molecular complexity index is 358. The average molecular weight is 198 g/mol. The first-order valence-electron chi connectivity index (χ1n) is 3.25. The molecule has 0 saturated heterocycles. The minimum Gasteiger partial charge on any atom is -0.476 e. The van der Waals surface area contributed by atoms with Crippen LogP contribution < -0.4 is 5.32 Å². The lowest BCUT2D eigenvalue weighted by molar-refractivity contribution is -0.111. The van der Waals surface area contributed by atoms with Crippen LogP contribution in [0.5, 0.6) is 0 Å². The Kier molecular flexibility index (Phi) is 2.76. The molecule has 0 fully saturated rings. The number of anilines is 1. The van der Waals surface area contributed by atoms with Crippen LogP contribution in [-0.2, 0) is 4.79 Å². The molecule has 0 radical (unpaired) electrons. The van der Waals surface area contributed by atoms with Crippen LogP contribution in [0, 0.1) is 0 Å². The van der Waals surface area contributed by atoms with E-state index in [-0.39, 0.29) is 10.8 Å². The number of carboxylic acids is 1. The molecular formula is C7H6N2O3S. The molecule has 1 rings (SSSR count). The molecule has 0 bridgehead atoms. The lowest BCUT2D eigenvalue weighted by atomic mass is 10.5. The maximum Gasteiger partial charge on any atom is 0.355 e. The predicted octanol–water partition coefficient (Wildman–Crippen LogP) is 0.966. The highest BCUT2D eigenvalue weighted by Crippen LogP contribution is 2.14. The van der Waals surface area contributed by atoms with Crippen molar-refractivity contribution in [2.45, 2.75) is 0 Å². The van der Waals surface area contributed by atoms with E-state index in [2.05, 4.69) is 16.9 Å². The van der Waals surface area contributed by atoms with E-state index in [1.165, 1.54) is 5.38 Å². The molecule has 1 amide bonds. The summed E-state index contributed by atoms with van der Waals surface area (Å²) in [5, 5.41) is 12.5. The van der Waals surface area contributed by atoms with Crippen LogP contribution in [0.2, 0.25) is 0 Å². The summed E-state index contributed by atoms with van der Waals surface area (Å²) in [6, 6.07) is 0. The molecule has 1 aromatic heterocycles. The van der Waals surface area contributed by atoms with Gasteiger partial charge < -0.3 is 5.11 Å². The third-order valence-electron chi connectivity index (χ3n) is 1.14. The van der Waals surface area contributed by atoms with Crippen LogP contribution in [0.15, 0.2) is 18.0 Å². The number of aromatic carboxylic acids is 1. The van der Waals surface area contributed by atoms with Gasteiger partial charge >= 0.3 is 5.97 Å². The highest BCUT2D eigenvalue weighted by atomic mass is 32.1. The molecule has 1 heterocycles. The first-order chi connectivity index (χ1) is 6.13. The van der Waals surface area contributed by atoms with Gasteiger partial charge in [0.25, 0.3) is 0 Å². The van der Waals surface area contributed by atoms with E-state index >= 15 is 0 Å². The lowest BCUT2D eigenvalue weighted by Gasteiger charge is -1.92. The standard InChI is InChI=1S/C7H6N2O3S/c1-2-5(10)9-7-8-4(3-13-7)6(11)12/h2-3H,1H2,(H,11,12)(H,8,9,10). The SMILES string of the molecule is C=CC(=O)Nc1nc(C(=O)O)cs1. The molecule has 68 valence electrons. The summed E-state index contributed by atoms with van der Waals surface area (Å²) in [7, 11) is 0. The van der Waals surface area contributed by atoms with Gasteiger partial charge in [-0.05, 0) is 6.08 Å². The third kappa shape index (κ3) is 2.38. The van der Waals surface area contributed by atoms with E-state index in [0.717, 1.165) is 17.4 Å². The van der Waals surface area contributed by atoms with Gasteiger partial charge in [-0.2, -0.15) is 0 Å². The van der Waals surface area contributed by atoms with Gasteiger partial charge in [0, 0.05) is 5.38 Å². The minimum atomic E-state index is -1.12. The van der Waals surface area contributed by atoms with Crippen molar-refractivity contribution in [2.24, 2.45) is 0 Å². The number of rotatable bonds is 3. The van der Waals surface area contributed by atoms with E-state index in [0.29, 0.717) is 0 Å². The van der Waals surface area contributed by atoms with Gasteiger partial charge in [0.1, 0.15) is 0 Å². The largest absolute Gasteiger partial charge is 0.476 e. The minimum absolute atomic E-state index is 0.0793. The zero-order valence-corrected chi connectivity index (χ0v) is 7.30. The highest BCUT2D eigenvalue weighted by Gasteiger charge is 2.08. The maximum atomic E-state index is 10.8. The van der Waals surface area contributed by atoms with Crippen LogP contribution >= 0.6 is 11.3 Å². The number of nitrogens with zero attached hydrogens (tertiary/aromatic N) is 1. The van der Waals surface area contributed by atoms with Crippen LogP contribution in [0.4, 0.5) is 5.13 Å². The first kappa shape index (κ1) is 9.40. The summed E-state index contributed by atoms with van der Waals surface area (Å²) < 4.78 is 0. The van der Waals surface area contributed by atoms with Gasteiger partial charge in [-0.1, -0.05) is 6.58 Å². The maximum absolute atomic E-state index is 10.8. The van der Waals surface area contributed by atoms with Crippen LogP contribution in [0.1, 0.15) is 10.5 Å². The second kappa shape index (κ2) is 3.81. The smallest absolute Gasteiger partial charge is 0.355 e. The zero-order valence-electron chi connectivity index (χ0n) is 6.48. The molecule has 0 aliphatic rings. The highest BCUT2D eigenvalue weighted by molar-refractivity contribution is 7.14. The average Bonchev–Trinajstić information content (AvgIpc) is 2.52. The van der Waals surface area contributed by atoms with Crippen LogP contribution in [0.25, 0.3) is 0 Å². The Morgan fingerprint density at radius 1 is 1.69 bits per heavy atom. The molecule has 13 heavy (non-hydrogen) atoms. The van der Waals surface area contributed by atoms with Crippen molar-refractivity contribution < 1.29 is 14.7 Å². The van der Waals surface area contributed by atoms with Gasteiger partial charge in [0.15, 0.2) is 10.8 Å². The molecule has 6 heteroatoms. The summed E-state index contributed by atoms with van der Waals surface area (Å²) in [5.41, 5.74) is -0.0793. The Morgan fingerprint density at radius 3 is 2.85 bits per heavy atom. The Morgan fingerprint density at radius 2 is 2.38 bits per heavy atom. The summed E-state index contributed by atoms with van der Waals surface area (Å²) in [6.45, 7) is 3.25. The molecule has 0 aliphatic heterocycles. The fourth-order valence-electron chi connectivity index (χ4n) is 0.586. The van der Waals surface area contributed by atoms with Crippen molar-refractivity contribution in [1.29, 1.82) is 0 Å². The van der Waals surface area contributed by atoms with Crippen molar-refractivity contribution in [3.8, 4) is 0 Å². The first-order valence-corrected chi connectivity index (χ1v) is 4.13. The van der Waals surface area contributed by atoms with E-state index in [1.54, 1.807) is 0 Å². The van der Waals surface area contributed by atoms with Crippen molar-refractivity contribution >= 4 is 28.3 Å². The Labute approximate surface area is 77.7 Å². The van der Waals surface area contributed by atoms with E-state index < -0.39 is 11.9 Å². The lowest BCUT2D eigenvalue weighted by Crippen LogP contribution is -2.07. The number of thiazole rings is 1. The van der Waals surface area contributed by atoms with Crippen molar-refractivity contribution in [3.63, 3.8) is 0 Å². The normalized spacial score (nSPS) is 9.23. The van der Waals surface area contributed by atoms with Gasteiger partial charge in [-0.15, -0.1) is 11.3 Å². The second-order valence-corrected chi connectivity index (χ2v) is 2.89. The molecule has 1 aromatic rings. The number of carbonyl (C=O) groups is 2. The second-order valence-electron chi connectivity index (χ2n) is 2.04. The zero-order chi connectivity index (χ0) is 9.84. The number of carbonyl (C=O) groups excluding carboxylic acids is 1. The number of hydrogen-bond donors (Lipinski definition) is 2. The number of aromatic nitrogens is 1. The predicted molar refractivity (Wildman–Crippen MR) is 47.9 cm³/mol. The number of nitrogens with one attached hydrogen (secondary N) is 1. The Balaban J connectivity index is 2.74. The van der Waals surface area contributed by atoms with Crippen molar-refractivity contribution in [1.82, 2.24) is 4.98 Å². The molecule has 0 saturated carbocycles. The fraction of sp³-hybridized carbons (Fsp3) is 0. The Hall–Kier alpha value is -1.69. The summed E-state index contributed by atoms with van der Waals surface area (Å²) in [5.74, 6) is -1.53. The molecule has 2 N–H and O–H groups in total. The van der Waals surface area contributed by atoms with Crippen molar-refractivity contribution in [3.05, 3.63) is 23.7 Å². The molecule has 0 unspecified atom stereocenters. The fourth-order valence-corrected chi connectivity index (χ4v) is 1.27.